The fraction of sp³-hybridized carbons (Fsp3) is 0.281. The monoisotopic (exact) mass is 539 g/mol. The lowest BCUT2D eigenvalue weighted by atomic mass is 10.0. The van der Waals surface area contributed by atoms with E-state index in [1.54, 1.807) is 11.8 Å². The Hall–Kier alpha value is -3.84. The molecule has 5 rings (SSSR count). The van der Waals surface area contributed by atoms with Gasteiger partial charge in [-0.15, -0.1) is 11.8 Å². The second-order valence-corrected chi connectivity index (χ2v) is 11.1. The summed E-state index contributed by atoms with van der Waals surface area (Å²) in [7, 11) is 0. The standard InChI is InChI=1S/C32H33N3O3S/c1-22-21-38-30-15-5-4-13-28(30)25-17-26(20-33-19-25)39-16-7-6-14-29(32(37)34-22)35-31(36)18-24-11-8-10-23-9-2-3-12-27(23)24/h2-5,8-13,15,17,19-20,22,29H,6-7,14,16,18,21H2,1H3,(H,34,37)(H,35,36)/t22-,29+/m1/s1. The Morgan fingerprint density at radius 3 is 2.79 bits per heavy atom. The lowest BCUT2D eigenvalue weighted by Crippen LogP contribution is -2.50. The highest BCUT2D eigenvalue weighted by molar-refractivity contribution is 7.99. The van der Waals surface area contributed by atoms with Crippen LogP contribution >= 0.6 is 11.8 Å². The molecule has 0 spiro atoms. The van der Waals surface area contributed by atoms with Gasteiger partial charge in [-0.25, -0.2) is 0 Å². The van der Waals surface area contributed by atoms with E-state index in [0.717, 1.165) is 56.7 Å². The van der Waals surface area contributed by atoms with Crippen molar-refractivity contribution in [2.24, 2.45) is 0 Å². The van der Waals surface area contributed by atoms with E-state index in [4.69, 9.17) is 4.74 Å². The van der Waals surface area contributed by atoms with E-state index >= 15 is 0 Å². The van der Waals surface area contributed by atoms with Crippen molar-refractivity contribution in [1.29, 1.82) is 0 Å². The van der Waals surface area contributed by atoms with E-state index in [0.29, 0.717) is 13.0 Å². The molecule has 2 heterocycles. The number of benzene rings is 3. The fourth-order valence-electron chi connectivity index (χ4n) is 4.85. The highest BCUT2D eigenvalue weighted by Crippen LogP contribution is 2.32. The Kier molecular flexibility index (Phi) is 8.78. The van der Waals surface area contributed by atoms with Gasteiger partial charge < -0.3 is 15.4 Å². The Morgan fingerprint density at radius 1 is 1.05 bits per heavy atom. The van der Waals surface area contributed by atoms with Crippen LogP contribution in [-0.4, -0.2) is 41.2 Å². The molecule has 0 saturated carbocycles. The summed E-state index contributed by atoms with van der Waals surface area (Å²) in [6, 6.07) is 23.2. The molecule has 0 radical (unpaired) electrons. The maximum atomic E-state index is 13.3. The second-order valence-electron chi connectivity index (χ2n) is 9.91. The average Bonchev–Trinajstić information content (AvgIpc) is 2.95. The van der Waals surface area contributed by atoms with E-state index in [1.165, 1.54) is 0 Å². The van der Waals surface area contributed by atoms with Gasteiger partial charge in [-0.2, -0.15) is 0 Å². The van der Waals surface area contributed by atoms with Crippen molar-refractivity contribution in [3.63, 3.8) is 0 Å². The van der Waals surface area contributed by atoms with Crippen LogP contribution in [0.2, 0.25) is 0 Å². The van der Waals surface area contributed by atoms with Gasteiger partial charge in [0.1, 0.15) is 18.4 Å². The first-order chi connectivity index (χ1) is 19.1. The van der Waals surface area contributed by atoms with Gasteiger partial charge in [0.25, 0.3) is 0 Å². The molecule has 1 aliphatic heterocycles. The molecule has 7 heteroatoms. The highest BCUT2D eigenvalue weighted by Gasteiger charge is 2.23. The summed E-state index contributed by atoms with van der Waals surface area (Å²) >= 11 is 1.75. The molecule has 6 nitrogen and oxygen atoms in total. The molecule has 0 fully saturated rings. The van der Waals surface area contributed by atoms with E-state index in [2.05, 4.69) is 21.7 Å². The van der Waals surface area contributed by atoms with Crippen molar-refractivity contribution < 1.29 is 14.3 Å². The molecular formula is C32H33N3O3S. The molecule has 2 bridgehead atoms. The van der Waals surface area contributed by atoms with Gasteiger partial charge in [-0.1, -0.05) is 67.1 Å². The predicted molar refractivity (Wildman–Crippen MR) is 157 cm³/mol. The number of ether oxygens (including phenoxy) is 1. The highest BCUT2D eigenvalue weighted by atomic mass is 32.2. The number of carbonyl (C=O) groups is 2. The topological polar surface area (TPSA) is 80.3 Å². The van der Waals surface area contributed by atoms with Crippen LogP contribution < -0.4 is 15.4 Å². The summed E-state index contributed by atoms with van der Waals surface area (Å²) in [6.07, 6.45) is 6.27. The first-order valence-corrected chi connectivity index (χ1v) is 14.4. The first-order valence-electron chi connectivity index (χ1n) is 13.4. The van der Waals surface area contributed by atoms with E-state index < -0.39 is 6.04 Å². The number of nitrogens with zero attached hydrogens (tertiary/aromatic N) is 1. The van der Waals surface area contributed by atoms with Crippen molar-refractivity contribution >= 4 is 34.3 Å². The molecule has 39 heavy (non-hydrogen) atoms. The number of nitrogens with one attached hydrogen (secondary N) is 2. The van der Waals surface area contributed by atoms with Crippen LogP contribution in [0.4, 0.5) is 0 Å². The van der Waals surface area contributed by atoms with Crippen LogP contribution in [0.25, 0.3) is 21.9 Å². The summed E-state index contributed by atoms with van der Waals surface area (Å²) in [5.41, 5.74) is 2.93. The molecule has 0 unspecified atom stereocenters. The fourth-order valence-corrected chi connectivity index (χ4v) is 5.78. The Labute approximate surface area is 233 Å². The van der Waals surface area contributed by atoms with Crippen molar-refractivity contribution in [1.82, 2.24) is 15.6 Å². The van der Waals surface area contributed by atoms with E-state index in [9.17, 15) is 9.59 Å². The maximum absolute atomic E-state index is 13.3. The minimum Gasteiger partial charge on any atom is -0.491 e. The molecular weight excluding hydrogens is 506 g/mol. The lowest BCUT2D eigenvalue weighted by Gasteiger charge is -2.22. The molecule has 0 saturated heterocycles. The summed E-state index contributed by atoms with van der Waals surface area (Å²) < 4.78 is 6.15. The van der Waals surface area contributed by atoms with Gasteiger partial charge >= 0.3 is 0 Å². The normalized spacial score (nSPS) is 18.4. The number of amides is 2. The molecule has 2 atom stereocenters. The molecule has 200 valence electrons. The third kappa shape index (κ3) is 6.98. The van der Waals surface area contributed by atoms with Gasteiger partial charge in [0, 0.05) is 28.4 Å². The smallest absolute Gasteiger partial charge is 0.242 e. The summed E-state index contributed by atoms with van der Waals surface area (Å²) in [5.74, 6) is 1.31. The zero-order chi connectivity index (χ0) is 27.0. The van der Waals surface area contributed by atoms with Crippen molar-refractivity contribution in [3.8, 4) is 16.9 Å². The molecule has 0 aliphatic carbocycles. The SMILES string of the molecule is C[C@@H]1COc2ccccc2-c2cncc(c2)SCCCC[C@H](NC(=O)Cc2cccc3ccccc23)C(=O)N1. The van der Waals surface area contributed by atoms with Gasteiger partial charge in [-0.3, -0.25) is 14.6 Å². The number of thioether (sulfide) groups is 1. The van der Waals surface area contributed by atoms with Crippen LogP contribution in [0.15, 0.2) is 90.1 Å². The largest absolute Gasteiger partial charge is 0.491 e. The van der Waals surface area contributed by atoms with Crippen LogP contribution in [0.1, 0.15) is 31.7 Å². The minimum atomic E-state index is -0.606. The number of para-hydroxylation sites is 1. The van der Waals surface area contributed by atoms with Crippen LogP contribution in [0, 0.1) is 0 Å². The first kappa shape index (κ1) is 26.8. The third-order valence-corrected chi connectivity index (χ3v) is 7.88. The zero-order valence-corrected chi connectivity index (χ0v) is 22.9. The molecule has 1 aromatic heterocycles. The van der Waals surface area contributed by atoms with Crippen LogP contribution in [0.5, 0.6) is 5.75 Å². The van der Waals surface area contributed by atoms with Crippen molar-refractivity contribution in [3.05, 3.63) is 90.8 Å². The summed E-state index contributed by atoms with van der Waals surface area (Å²) in [4.78, 5) is 32.0. The second kappa shape index (κ2) is 12.8. The molecule has 4 aromatic rings. The minimum absolute atomic E-state index is 0.156. The number of aromatic nitrogens is 1. The van der Waals surface area contributed by atoms with Gasteiger partial charge in [-0.05, 0) is 54.0 Å². The van der Waals surface area contributed by atoms with Gasteiger partial charge in [0.05, 0.1) is 12.5 Å². The van der Waals surface area contributed by atoms with Gasteiger partial charge in [0.15, 0.2) is 0 Å². The molecule has 2 N–H and O–H groups in total. The average molecular weight is 540 g/mol. The quantitative estimate of drug-likeness (QED) is 0.345. The van der Waals surface area contributed by atoms with Gasteiger partial charge in [0.2, 0.25) is 11.8 Å². The Morgan fingerprint density at radius 2 is 1.87 bits per heavy atom. The van der Waals surface area contributed by atoms with E-state index in [1.807, 2.05) is 86.0 Å². The molecule has 2 amide bonds. The van der Waals surface area contributed by atoms with Crippen LogP contribution in [-0.2, 0) is 16.0 Å². The number of fused-ring (bicyclic) bond motifs is 5. The molecule has 3 aromatic carbocycles. The Bertz CT molecular complexity index is 1450. The number of hydrogen-bond acceptors (Lipinski definition) is 5. The predicted octanol–water partition coefficient (Wildman–Crippen LogP) is 5.79. The zero-order valence-electron chi connectivity index (χ0n) is 22.1. The third-order valence-electron chi connectivity index (χ3n) is 6.83. The number of rotatable bonds is 3. The van der Waals surface area contributed by atoms with Crippen molar-refractivity contribution in [2.45, 2.75) is 49.6 Å². The number of pyridine rings is 1. The van der Waals surface area contributed by atoms with E-state index in [-0.39, 0.29) is 24.3 Å². The van der Waals surface area contributed by atoms with Crippen LogP contribution in [0.3, 0.4) is 0 Å². The lowest BCUT2D eigenvalue weighted by molar-refractivity contribution is -0.129. The number of carbonyl (C=O) groups excluding carboxylic acids is 2. The maximum Gasteiger partial charge on any atom is 0.242 e. The summed E-state index contributed by atoms with van der Waals surface area (Å²) in [6.45, 7) is 2.22. The Balaban J connectivity index is 1.30. The number of hydrogen-bond donors (Lipinski definition) is 2. The summed E-state index contributed by atoms with van der Waals surface area (Å²) in [5, 5.41) is 8.22. The molecule has 1 aliphatic rings. The van der Waals surface area contributed by atoms with Crippen molar-refractivity contribution in [2.75, 3.05) is 12.4 Å².